The van der Waals surface area contributed by atoms with Crippen molar-refractivity contribution < 1.29 is 0 Å². The van der Waals surface area contributed by atoms with Crippen LogP contribution in [0.15, 0.2) is 35.6 Å². The van der Waals surface area contributed by atoms with E-state index in [1.54, 1.807) is 6.33 Å². The number of aromatic nitrogens is 3. The van der Waals surface area contributed by atoms with Crippen molar-refractivity contribution in [2.75, 3.05) is 26.2 Å². The van der Waals surface area contributed by atoms with Crippen LogP contribution < -0.4 is 10.6 Å². The Kier molecular flexibility index (Phi) is 10.6. The molecule has 0 amide bonds. The molecule has 2 heterocycles. The van der Waals surface area contributed by atoms with Crippen molar-refractivity contribution in [3.8, 4) is 0 Å². The maximum atomic E-state index is 4.76. The minimum absolute atomic E-state index is 0. The average Bonchev–Trinajstić information content (AvgIpc) is 3.19. The Balaban J connectivity index is 0.00000320. The number of guanidine groups is 1. The Hall–Kier alpha value is -1.68. The number of hydrogen-bond acceptors (Lipinski definition) is 4. The molecule has 2 N–H and O–H groups in total. The van der Waals surface area contributed by atoms with Crippen LogP contribution in [0.1, 0.15) is 43.6 Å². The van der Waals surface area contributed by atoms with E-state index in [0.29, 0.717) is 12.6 Å². The van der Waals surface area contributed by atoms with Crippen LogP contribution in [-0.4, -0.2) is 57.8 Å². The van der Waals surface area contributed by atoms with Crippen LogP contribution in [0, 0.1) is 6.92 Å². The van der Waals surface area contributed by atoms with Crippen molar-refractivity contribution in [3.63, 3.8) is 0 Å². The van der Waals surface area contributed by atoms with Crippen molar-refractivity contribution in [2.24, 2.45) is 4.99 Å². The summed E-state index contributed by atoms with van der Waals surface area (Å²) < 4.78 is 2.08. The van der Waals surface area contributed by atoms with Gasteiger partial charge in [-0.25, -0.2) is 0 Å². The Morgan fingerprint density at radius 1 is 1.20 bits per heavy atom. The van der Waals surface area contributed by atoms with Crippen molar-refractivity contribution in [2.45, 2.75) is 59.2 Å². The number of aliphatic imine (C=N–C) groups is 1. The van der Waals surface area contributed by atoms with Gasteiger partial charge in [0.15, 0.2) is 5.96 Å². The first-order valence-electron chi connectivity index (χ1n) is 10.9. The predicted molar refractivity (Wildman–Crippen MR) is 133 cm³/mol. The van der Waals surface area contributed by atoms with E-state index >= 15 is 0 Å². The number of benzene rings is 1. The highest BCUT2D eigenvalue weighted by Gasteiger charge is 2.20. The number of nitrogens with zero attached hydrogens (tertiary/aromatic N) is 5. The normalized spacial score (nSPS) is 15.6. The molecular formula is C22H36IN7. The van der Waals surface area contributed by atoms with Crippen LogP contribution >= 0.6 is 24.0 Å². The number of likely N-dealkylation sites (tertiary alicyclic amines) is 1. The second-order valence-corrected chi connectivity index (χ2v) is 7.68. The second-order valence-electron chi connectivity index (χ2n) is 7.68. The molecule has 1 fully saturated rings. The third-order valence-corrected chi connectivity index (χ3v) is 5.55. The van der Waals surface area contributed by atoms with Gasteiger partial charge >= 0.3 is 0 Å². The van der Waals surface area contributed by atoms with Crippen molar-refractivity contribution in [1.82, 2.24) is 30.3 Å². The van der Waals surface area contributed by atoms with Crippen LogP contribution in [0.3, 0.4) is 0 Å². The third kappa shape index (κ3) is 7.23. The zero-order chi connectivity index (χ0) is 20.5. The predicted octanol–water partition coefficient (Wildman–Crippen LogP) is 2.99. The molecule has 0 unspecified atom stereocenters. The lowest BCUT2D eigenvalue weighted by atomic mass is 10.0. The summed E-state index contributed by atoms with van der Waals surface area (Å²) >= 11 is 0. The zero-order valence-electron chi connectivity index (χ0n) is 18.5. The number of halogens is 1. The fourth-order valence-electron chi connectivity index (χ4n) is 3.79. The highest BCUT2D eigenvalue weighted by Crippen LogP contribution is 2.16. The molecule has 8 heteroatoms. The average molecular weight is 525 g/mol. The lowest BCUT2D eigenvalue weighted by Gasteiger charge is -2.33. The van der Waals surface area contributed by atoms with Crippen LogP contribution in [0.5, 0.6) is 0 Å². The molecule has 1 saturated heterocycles. The monoisotopic (exact) mass is 525 g/mol. The molecule has 2 aromatic rings. The summed E-state index contributed by atoms with van der Waals surface area (Å²) in [6, 6.07) is 9.17. The SMILES string of the molecule is CCNC(=NCCn1cnnc1CC)NC1CCN(Cc2ccccc2C)CC1.I. The van der Waals surface area contributed by atoms with Gasteiger partial charge in [0, 0.05) is 45.2 Å². The number of hydrogen-bond donors (Lipinski definition) is 2. The summed E-state index contributed by atoms with van der Waals surface area (Å²) in [6.45, 7) is 12.1. The summed E-state index contributed by atoms with van der Waals surface area (Å²) in [5, 5.41) is 15.1. The van der Waals surface area contributed by atoms with Gasteiger partial charge in [-0.1, -0.05) is 31.2 Å². The van der Waals surface area contributed by atoms with Crippen LogP contribution in [-0.2, 0) is 19.5 Å². The van der Waals surface area contributed by atoms with Gasteiger partial charge in [0.1, 0.15) is 12.2 Å². The highest BCUT2D eigenvalue weighted by molar-refractivity contribution is 14.0. The Labute approximate surface area is 197 Å². The molecule has 0 spiro atoms. The number of piperidine rings is 1. The second kappa shape index (κ2) is 12.9. The van der Waals surface area contributed by atoms with Crippen molar-refractivity contribution in [1.29, 1.82) is 0 Å². The van der Waals surface area contributed by atoms with Crippen LogP contribution in [0.4, 0.5) is 0 Å². The van der Waals surface area contributed by atoms with Gasteiger partial charge in [-0.05, 0) is 37.8 Å². The maximum Gasteiger partial charge on any atom is 0.191 e. The summed E-state index contributed by atoms with van der Waals surface area (Å²) in [5.74, 6) is 1.93. The molecule has 1 aromatic heterocycles. The Morgan fingerprint density at radius 2 is 1.97 bits per heavy atom. The number of nitrogens with one attached hydrogen (secondary N) is 2. The minimum atomic E-state index is 0. The lowest BCUT2D eigenvalue weighted by molar-refractivity contribution is 0.198. The maximum absolute atomic E-state index is 4.76. The zero-order valence-corrected chi connectivity index (χ0v) is 20.8. The minimum Gasteiger partial charge on any atom is -0.357 e. The van der Waals surface area contributed by atoms with E-state index in [-0.39, 0.29) is 24.0 Å². The van der Waals surface area contributed by atoms with Gasteiger partial charge in [-0.3, -0.25) is 9.89 Å². The molecule has 0 bridgehead atoms. The summed E-state index contributed by atoms with van der Waals surface area (Å²) in [5.41, 5.74) is 2.82. The van der Waals surface area contributed by atoms with E-state index in [1.807, 2.05) is 0 Å². The van der Waals surface area contributed by atoms with Crippen molar-refractivity contribution in [3.05, 3.63) is 47.5 Å². The van der Waals surface area contributed by atoms with E-state index in [2.05, 4.69) is 75.3 Å². The molecule has 166 valence electrons. The molecule has 0 saturated carbocycles. The van der Waals surface area contributed by atoms with E-state index in [9.17, 15) is 0 Å². The van der Waals surface area contributed by atoms with E-state index in [1.165, 1.54) is 11.1 Å². The molecule has 0 radical (unpaired) electrons. The first kappa shape index (κ1) is 24.6. The molecule has 0 atom stereocenters. The molecule has 1 aromatic carbocycles. The Bertz CT molecular complexity index is 781. The third-order valence-electron chi connectivity index (χ3n) is 5.55. The molecule has 1 aliphatic rings. The van der Waals surface area contributed by atoms with Crippen molar-refractivity contribution >= 4 is 29.9 Å². The topological polar surface area (TPSA) is 70.4 Å². The smallest absolute Gasteiger partial charge is 0.191 e. The van der Waals surface area contributed by atoms with Gasteiger partial charge in [-0.2, -0.15) is 0 Å². The van der Waals surface area contributed by atoms with Gasteiger partial charge in [0.25, 0.3) is 0 Å². The fourth-order valence-corrected chi connectivity index (χ4v) is 3.79. The van der Waals surface area contributed by atoms with Gasteiger partial charge in [-0.15, -0.1) is 34.2 Å². The quantitative estimate of drug-likeness (QED) is 0.315. The standard InChI is InChI=1S/C22H35N7.HI/c1-4-21-27-25-17-29(21)15-12-24-22(23-5-2)26-20-10-13-28(14-11-20)16-19-9-7-6-8-18(19)3;/h6-9,17,20H,4-5,10-16H2,1-3H3,(H2,23,24,26);1H. The first-order valence-corrected chi connectivity index (χ1v) is 10.9. The van der Waals surface area contributed by atoms with Crippen LogP contribution in [0.2, 0.25) is 0 Å². The lowest BCUT2D eigenvalue weighted by Crippen LogP contribution is -2.48. The molecular weight excluding hydrogens is 489 g/mol. The molecule has 7 nitrogen and oxygen atoms in total. The number of aryl methyl sites for hydroxylation is 2. The van der Waals surface area contributed by atoms with Gasteiger partial charge in [0.05, 0.1) is 6.54 Å². The summed E-state index contributed by atoms with van der Waals surface area (Å²) in [7, 11) is 0. The van der Waals surface area contributed by atoms with Gasteiger partial charge in [0.2, 0.25) is 0 Å². The Morgan fingerprint density at radius 3 is 2.67 bits per heavy atom. The fraction of sp³-hybridized carbons (Fsp3) is 0.591. The van der Waals surface area contributed by atoms with Crippen LogP contribution in [0.25, 0.3) is 0 Å². The summed E-state index contributed by atoms with van der Waals surface area (Å²) in [4.78, 5) is 7.32. The van der Waals surface area contributed by atoms with Gasteiger partial charge < -0.3 is 15.2 Å². The largest absolute Gasteiger partial charge is 0.357 e. The first-order chi connectivity index (χ1) is 14.2. The molecule has 1 aliphatic heterocycles. The molecule has 3 rings (SSSR count). The molecule has 30 heavy (non-hydrogen) atoms. The van der Waals surface area contributed by atoms with E-state index in [0.717, 1.165) is 63.8 Å². The molecule has 0 aliphatic carbocycles. The summed E-state index contributed by atoms with van der Waals surface area (Å²) in [6.07, 6.45) is 4.96. The highest BCUT2D eigenvalue weighted by atomic mass is 127. The van der Waals surface area contributed by atoms with E-state index in [4.69, 9.17) is 4.99 Å². The van der Waals surface area contributed by atoms with E-state index < -0.39 is 0 Å². The number of rotatable bonds is 8.